The molecule has 0 saturated carbocycles. The van der Waals surface area contributed by atoms with Gasteiger partial charge in [0, 0.05) is 24.3 Å². The molecule has 2 N–H and O–H groups in total. The van der Waals surface area contributed by atoms with Gasteiger partial charge in [0.15, 0.2) is 5.76 Å². The van der Waals surface area contributed by atoms with E-state index in [4.69, 9.17) is 14.9 Å². The monoisotopic (exact) mass is 314 g/mol. The number of nitrogens with zero attached hydrogens (tertiary/aromatic N) is 1. The molecule has 0 bridgehead atoms. The molecule has 122 valence electrons. The quantitative estimate of drug-likeness (QED) is 0.865. The molecular weight excluding hydrogens is 292 g/mol. The minimum atomic E-state index is -0.0974. The highest BCUT2D eigenvalue weighted by molar-refractivity contribution is 5.92. The van der Waals surface area contributed by atoms with Gasteiger partial charge in [-0.25, -0.2) is 0 Å². The molecule has 3 rings (SSSR count). The molecule has 0 spiro atoms. The topological polar surface area (TPSA) is 68.7 Å². The van der Waals surface area contributed by atoms with Crippen LogP contribution in [0.15, 0.2) is 34.7 Å². The molecule has 1 amide bonds. The number of amides is 1. The first-order valence-corrected chi connectivity index (χ1v) is 7.85. The van der Waals surface area contributed by atoms with Crippen LogP contribution in [0, 0.1) is 6.92 Å². The van der Waals surface area contributed by atoms with Crippen LogP contribution in [0.2, 0.25) is 0 Å². The minimum Gasteiger partial charge on any atom is -0.451 e. The van der Waals surface area contributed by atoms with E-state index in [-0.39, 0.29) is 18.1 Å². The van der Waals surface area contributed by atoms with E-state index in [0.29, 0.717) is 30.3 Å². The largest absolute Gasteiger partial charge is 0.451 e. The number of hydrogen-bond donors (Lipinski definition) is 1. The standard InChI is InChI=1S/C18H22N2O3/c1-11-4-5-14(19)8-15(11)16-6-7-17(23-16)18(21)20-9-12(2)22-13(3)10-20/h4-8,12-13H,9-10,19H2,1-3H3/t12-,13+. The highest BCUT2D eigenvalue weighted by Gasteiger charge is 2.28. The molecule has 0 aliphatic carbocycles. The number of ether oxygens (including phenoxy) is 1. The third-order valence-corrected chi connectivity index (χ3v) is 4.05. The van der Waals surface area contributed by atoms with Crippen molar-refractivity contribution >= 4 is 11.6 Å². The summed E-state index contributed by atoms with van der Waals surface area (Å²) in [6, 6.07) is 9.21. The van der Waals surface area contributed by atoms with Gasteiger partial charge < -0.3 is 19.8 Å². The zero-order valence-electron chi connectivity index (χ0n) is 13.7. The summed E-state index contributed by atoms with van der Waals surface area (Å²) in [5, 5.41) is 0. The number of nitrogen functional groups attached to an aromatic ring is 1. The van der Waals surface area contributed by atoms with Crippen LogP contribution in [-0.2, 0) is 4.74 Å². The van der Waals surface area contributed by atoms with Crippen molar-refractivity contribution in [2.24, 2.45) is 0 Å². The van der Waals surface area contributed by atoms with Crippen molar-refractivity contribution in [3.8, 4) is 11.3 Å². The number of rotatable bonds is 2. The number of nitrogens with two attached hydrogens (primary N) is 1. The summed E-state index contributed by atoms with van der Waals surface area (Å²) >= 11 is 0. The van der Waals surface area contributed by atoms with Crippen molar-refractivity contribution < 1.29 is 13.9 Å². The lowest BCUT2D eigenvalue weighted by atomic mass is 10.1. The smallest absolute Gasteiger partial charge is 0.289 e. The third-order valence-electron chi connectivity index (χ3n) is 4.05. The molecule has 2 heterocycles. The van der Waals surface area contributed by atoms with E-state index >= 15 is 0 Å². The average molecular weight is 314 g/mol. The molecule has 1 aliphatic rings. The Morgan fingerprint density at radius 3 is 2.57 bits per heavy atom. The zero-order chi connectivity index (χ0) is 16.6. The predicted octanol–water partition coefficient (Wildman–Crippen LogP) is 3.09. The zero-order valence-corrected chi connectivity index (χ0v) is 13.7. The number of carbonyl (C=O) groups excluding carboxylic acids is 1. The fourth-order valence-electron chi connectivity index (χ4n) is 3.00. The van der Waals surface area contributed by atoms with Crippen LogP contribution in [-0.4, -0.2) is 36.1 Å². The molecule has 0 radical (unpaired) electrons. The summed E-state index contributed by atoms with van der Waals surface area (Å²) in [6.07, 6.45) is 0.0709. The number of furan rings is 1. The number of hydrogen-bond acceptors (Lipinski definition) is 4. The van der Waals surface area contributed by atoms with Gasteiger partial charge in [0.05, 0.1) is 12.2 Å². The Bertz CT molecular complexity index is 713. The highest BCUT2D eigenvalue weighted by Crippen LogP contribution is 2.28. The van der Waals surface area contributed by atoms with E-state index < -0.39 is 0 Å². The van der Waals surface area contributed by atoms with Crippen LogP contribution < -0.4 is 5.73 Å². The first-order chi connectivity index (χ1) is 10.9. The second kappa shape index (κ2) is 6.08. The Morgan fingerprint density at radius 2 is 1.87 bits per heavy atom. The van der Waals surface area contributed by atoms with E-state index in [1.807, 2.05) is 45.0 Å². The van der Waals surface area contributed by atoms with Crippen molar-refractivity contribution in [1.29, 1.82) is 0 Å². The Labute approximate surface area is 136 Å². The number of benzene rings is 1. The van der Waals surface area contributed by atoms with Crippen molar-refractivity contribution in [3.05, 3.63) is 41.7 Å². The predicted molar refractivity (Wildman–Crippen MR) is 89.2 cm³/mol. The molecular formula is C18H22N2O3. The Morgan fingerprint density at radius 1 is 1.17 bits per heavy atom. The molecule has 1 aromatic carbocycles. The van der Waals surface area contributed by atoms with Crippen molar-refractivity contribution in [1.82, 2.24) is 4.90 Å². The normalized spacial score (nSPS) is 21.4. The van der Waals surface area contributed by atoms with Crippen molar-refractivity contribution in [2.45, 2.75) is 33.0 Å². The van der Waals surface area contributed by atoms with Crippen LogP contribution in [0.25, 0.3) is 11.3 Å². The van der Waals surface area contributed by atoms with E-state index in [2.05, 4.69) is 0 Å². The first-order valence-electron chi connectivity index (χ1n) is 7.85. The maximum absolute atomic E-state index is 12.6. The van der Waals surface area contributed by atoms with Crippen LogP contribution in [0.5, 0.6) is 0 Å². The van der Waals surface area contributed by atoms with Gasteiger partial charge >= 0.3 is 0 Å². The van der Waals surface area contributed by atoms with Gasteiger partial charge in [0.1, 0.15) is 5.76 Å². The maximum Gasteiger partial charge on any atom is 0.289 e. The summed E-state index contributed by atoms with van der Waals surface area (Å²) < 4.78 is 11.5. The number of carbonyl (C=O) groups is 1. The SMILES string of the molecule is Cc1ccc(N)cc1-c1ccc(C(=O)N2C[C@@H](C)O[C@@H](C)C2)o1. The third kappa shape index (κ3) is 3.24. The fourth-order valence-corrected chi connectivity index (χ4v) is 3.00. The van der Waals surface area contributed by atoms with Gasteiger partial charge in [-0.05, 0) is 50.6 Å². The Hall–Kier alpha value is -2.27. The second-order valence-corrected chi connectivity index (χ2v) is 6.21. The Kier molecular flexibility index (Phi) is 4.13. The lowest BCUT2D eigenvalue weighted by molar-refractivity contribution is -0.0592. The van der Waals surface area contributed by atoms with Gasteiger partial charge in [-0.2, -0.15) is 0 Å². The maximum atomic E-state index is 12.6. The highest BCUT2D eigenvalue weighted by atomic mass is 16.5. The molecule has 1 saturated heterocycles. The van der Waals surface area contributed by atoms with Gasteiger partial charge in [0.2, 0.25) is 0 Å². The number of aryl methyl sites for hydroxylation is 1. The lowest BCUT2D eigenvalue weighted by Gasteiger charge is -2.34. The summed E-state index contributed by atoms with van der Waals surface area (Å²) in [5.41, 5.74) is 8.49. The van der Waals surface area contributed by atoms with Gasteiger partial charge in [-0.15, -0.1) is 0 Å². The fraction of sp³-hybridized carbons (Fsp3) is 0.389. The van der Waals surface area contributed by atoms with Crippen LogP contribution in [0.3, 0.4) is 0 Å². The molecule has 1 fully saturated rings. The minimum absolute atomic E-state index is 0.0355. The van der Waals surface area contributed by atoms with Gasteiger partial charge in [-0.3, -0.25) is 4.79 Å². The molecule has 5 nitrogen and oxygen atoms in total. The average Bonchev–Trinajstić information content (AvgIpc) is 2.97. The first kappa shape index (κ1) is 15.6. The van der Waals surface area contributed by atoms with Gasteiger partial charge in [0.25, 0.3) is 5.91 Å². The molecule has 0 unspecified atom stereocenters. The van der Waals surface area contributed by atoms with Crippen molar-refractivity contribution in [2.75, 3.05) is 18.8 Å². The van der Waals surface area contributed by atoms with Crippen LogP contribution in [0.4, 0.5) is 5.69 Å². The van der Waals surface area contributed by atoms with Gasteiger partial charge in [-0.1, -0.05) is 6.07 Å². The molecule has 2 atom stereocenters. The van der Waals surface area contributed by atoms with E-state index in [9.17, 15) is 4.79 Å². The summed E-state index contributed by atoms with van der Waals surface area (Å²) in [4.78, 5) is 14.4. The Balaban J connectivity index is 1.84. The van der Waals surface area contributed by atoms with Crippen molar-refractivity contribution in [3.63, 3.8) is 0 Å². The number of morpholine rings is 1. The number of anilines is 1. The molecule has 23 heavy (non-hydrogen) atoms. The lowest BCUT2D eigenvalue weighted by Crippen LogP contribution is -2.48. The van der Waals surface area contributed by atoms with Crippen LogP contribution in [0.1, 0.15) is 30.0 Å². The molecule has 1 aliphatic heterocycles. The van der Waals surface area contributed by atoms with E-state index in [1.165, 1.54) is 0 Å². The van der Waals surface area contributed by atoms with Crippen LogP contribution >= 0.6 is 0 Å². The summed E-state index contributed by atoms with van der Waals surface area (Å²) in [5.74, 6) is 0.912. The molecule has 5 heteroatoms. The van der Waals surface area contributed by atoms with E-state index in [1.54, 1.807) is 11.0 Å². The molecule has 2 aromatic rings. The van der Waals surface area contributed by atoms with E-state index in [0.717, 1.165) is 11.1 Å². The second-order valence-electron chi connectivity index (χ2n) is 6.21. The summed E-state index contributed by atoms with van der Waals surface area (Å²) in [7, 11) is 0. The molecule has 1 aromatic heterocycles. The summed E-state index contributed by atoms with van der Waals surface area (Å²) in [6.45, 7) is 7.09.